The van der Waals surface area contributed by atoms with E-state index >= 15 is 0 Å². The Kier molecular flexibility index (Phi) is 3.07. The second kappa shape index (κ2) is 4.33. The molecule has 0 bridgehead atoms. The number of carboxylic acids is 1. The van der Waals surface area contributed by atoms with Crippen LogP contribution in [0.5, 0.6) is 0 Å². The standard InChI is InChI=1S/C11H11BrO3/c12-8-3-1-7(2-4-8)6-15-10-5-9(10)11(13)14/h1-4,9-10H,5-6H2,(H,13,14). The summed E-state index contributed by atoms with van der Waals surface area (Å²) in [5, 5.41) is 8.67. The molecule has 0 aromatic heterocycles. The van der Waals surface area contributed by atoms with Crippen LogP contribution in [0.3, 0.4) is 0 Å². The maximum absolute atomic E-state index is 10.5. The van der Waals surface area contributed by atoms with Gasteiger partial charge in [-0.2, -0.15) is 0 Å². The van der Waals surface area contributed by atoms with Crippen molar-refractivity contribution in [3.05, 3.63) is 34.3 Å². The molecule has 1 N–H and O–H groups in total. The molecule has 4 heteroatoms. The summed E-state index contributed by atoms with van der Waals surface area (Å²) >= 11 is 3.35. The van der Waals surface area contributed by atoms with Gasteiger partial charge in [0.05, 0.1) is 18.6 Å². The highest BCUT2D eigenvalue weighted by Crippen LogP contribution is 2.34. The first-order valence-corrected chi connectivity index (χ1v) is 5.55. The smallest absolute Gasteiger partial charge is 0.309 e. The fourth-order valence-electron chi connectivity index (χ4n) is 1.40. The molecule has 0 saturated heterocycles. The average Bonchev–Trinajstić information content (AvgIpc) is 2.96. The summed E-state index contributed by atoms with van der Waals surface area (Å²) in [6, 6.07) is 7.81. The molecule has 1 fully saturated rings. The van der Waals surface area contributed by atoms with Crippen molar-refractivity contribution in [3.8, 4) is 0 Å². The van der Waals surface area contributed by atoms with Gasteiger partial charge in [-0.15, -0.1) is 0 Å². The normalized spacial score (nSPS) is 23.8. The van der Waals surface area contributed by atoms with E-state index in [1.54, 1.807) is 0 Å². The van der Waals surface area contributed by atoms with Crippen LogP contribution in [-0.2, 0) is 16.1 Å². The van der Waals surface area contributed by atoms with Crippen LogP contribution in [0.25, 0.3) is 0 Å². The number of hydrogen-bond acceptors (Lipinski definition) is 2. The van der Waals surface area contributed by atoms with Crippen LogP contribution in [0.1, 0.15) is 12.0 Å². The van der Waals surface area contributed by atoms with Crippen molar-refractivity contribution in [2.24, 2.45) is 5.92 Å². The van der Waals surface area contributed by atoms with E-state index < -0.39 is 5.97 Å². The van der Waals surface area contributed by atoms with Gasteiger partial charge in [-0.3, -0.25) is 4.79 Å². The van der Waals surface area contributed by atoms with Crippen LogP contribution in [0, 0.1) is 5.92 Å². The second-order valence-corrected chi connectivity index (χ2v) is 4.57. The van der Waals surface area contributed by atoms with Gasteiger partial charge in [-0.05, 0) is 24.1 Å². The molecule has 0 heterocycles. The molecule has 0 aliphatic heterocycles. The average molecular weight is 271 g/mol. The number of halogens is 1. The Bertz CT molecular complexity index is 361. The molecule has 1 saturated carbocycles. The summed E-state index contributed by atoms with van der Waals surface area (Å²) in [7, 11) is 0. The zero-order valence-electron chi connectivity index (χ0n) is 8.02. The second-order valence-electron chi connectivity index (χ2n) is 3.66. The Morgan fingerprint density at radius 2 is 2.13 bits per heavy atom. The predicted molar refractivity (Wildman–Crippen MR) is 58.5 cm³/mol. The van der Waals surface area contributed by atoms with Crippen molar-refractivity contribution in [1.29, 1.82) is 0 Å². The third-order valence-corrected chi connectivity index (χ3v) is 2.96. The van der Waals surface area contributed by atoms with E-state index in [1.165, 1.54) is 0 Å². The lowest BCUT2D eigenvalue weighted by atomic mass is 10.2. The quantitative estimate of drug-likeness (QED) is 0.914. The monoisotopic (exact) mass is 270 g/mol. The summed E-state index contributed by atoms with van der Waals surface area (Å²) in [6.07, 6.45) is 0.553. The first-order valence-electron chi connectivity index (χ1n) is 4.75. The predicted octanol–water partition coefficient (Wildman–Crippen LogP) is 2.44. The van der Waals surface area contributed by atoms with Crippen LogP contribution in [0.4, 0.5) is 0 Å². The number of ether oxygens (including phenoxy) is 1. The Labute approximate surface area is 96.2 Å². The fraction of sp³-hybridized carbons (Fsp3) is 0.364. The van der Waals surface area contributed by atoms with Crippen molar-refractivity contribution in [2.75, 3.05) is 0 Å². The zero-order chi connectivity index (χ0) is 10.8. The molecular weight excluding hydrogens is 260 g/mol. The molecule has 15 heavy (non-hydrogen) atoms. The molecule has 0 spiro atoms. The highest BCUT2D eigenvalue weighted by molar-refractivity contribution is 9.10. The molecule has 80 valence electrons. The van der Waals surface area contributed by atoms with E-state index in [0.717, 1.165) is 10.0 Å². The lowest BCUT2D eigenvalue weighted by molar-refractivity contribution is -0.139. The van der Waals surface area contributed by atoms with Crippen molar-refractivity contribution >= 4 is 21.9 Å². The maximum atomic E-state index is 10.5. The van der Waals surface area contributed by atoms with Crippen molar-refractivity contribution in [2.45, 2.75) is 19.1 Å². The maximum Gasteiger partial charge on any atom is 0.309 e. The number of benzene rings is 1. The first-order chi connectivity index (χ1) is 7.16. The third-order valence-electron chi connectivity index (χ3n) is 2.43. The van der Waals surface area contributed by atoms with E-state index in [2.05, 4.69) is 15.9 Å². The fourth-order valence-corrected chi connectivity index (χ4v) is 1.66. The van der Waals surface area contributed by atoms with E-state index in [4.69, 9.17) is 9.84 Å². The van der Waals surface area contributed by atoms with Crippen LogP contribution >= 0.6 is 15.9 Å². The molecule has 0 amide bonds. The van der Waals surface area contributed by atoms with E-state index in [9.17, 15) is 4.79 Å². The summed E-state index contributed by atoms with van der Waals surface area (Å²) in [6.45, 7) is 0.488. The minimum atomic E-state index is -0.754. The molecule has 2 rings (SSSR count). The Morgan fingerprint density at radius 1 is 1.47 bits per heavy atom. The molecule has 1 aromatic rings. The van der Waals surface area contributed by atoms with Gasteiger partial charge in [0.25, 0.3) is 0 Å². The van der Waals surface area contributed by atoms with Crippen LogP contribution in [-0.4, -0.2) is 17.2 Å². The van der Waals surface area contributed by atoms with Crippen molar-refractivity contribution in [1.82, 2.24) is 0 Å². The van der Waals surface area contributed by atoms with Gasteiger partial charge >= 0.3 is 5.97 Å². The molecule has 2 unspecified atom stereocenters. The minimum absolute atomic E-state index is 0.0915. The van der Waals surface area contributed by atoms with Gasteiger partial charge in [0.15, 0.2) is 0 Å². The Morgan fingerprint density at radius 3 is 2.67 bits per heavy atom. The summed E-state index contributed by atoms with van der Waals surface area (Å²) in [4.78, 5) is 10.5. The minimum Gasteiger partial charge on any atom is -0.481 e. The van der Waals surface area contributed by atoms with Gasteiger partial charge in [0.1, 0.15) is 0 Å². The molecule has 0 radical (unpaired) electrons. The van der Waals surface area contributed by atoms with Crippen LogP contribution in [0.2, 0.25) is 0 Å². The van der Waals surface area contributed by atoms with E-state index in [0.29, 0.717) is 13.0 Å². The third kappa shape index (κ3) is 2.79. The van der Waals surface area contributed by atoms with Crippen molar-refractivity contribution < 1.29 is 14.6 Å². The van der Waals surface area contributed by atoms with Crippen LogP contribution in [0.15, 0.2) is 28.7 Å². The first kappa shape index (κ1) is 10.6. The molecule has 3 nitrogen and oxygen atoms in total. The summed E-state index contributed by atoms with van der Waals surface area (Å²) < 4.78 is 6.49. The number of carbonyl (C=O) groups is 1. The van der Waals surface area contributed by atoms with E-state index in [-0.39, 0.29) is 12.0 Å². The largest absolute Gasteiger partial charge is 0.481 e. The van der Waals surface area contributed by atoms with Crippen LogP contribution < -0.4 is 0 Å². The van der Waals surface area contributed by atoms with E-state index in [1.807, 2.05) is 24.3 Å². The molecule has 1 aliphatic rings. The van der Waals surface area contributed by atoms with Gasteiger partial charge in [0, 0.05) is 4.47 Å². The summed E-state index contributed by atoms with van der Waals surface area (Å²) in [5.74, 6) is -1.05. The highest BCUT2D eigenvalue weighted by Gasteiger charge is 2.44. The van der Waals surface area contributed by atoms with Gasteiger partial charge in [0.2, 0.25) is 0 Å². The van der Waals surface area contributed by atoms with Gasteiger partial charge in [-0.1, -0.05) is 28.1 Å². The molecule has 1 aromatic carbocycles. The number of hydrogen-bond donors (Lipinski definition) is 1. The number of carboxylic acid groups (broad SMARTS) is 1. The van der Waals surface area contributed by atoms with Crippen molar-refractivity contribution in [3.63, 3.8) is 0 Å². The Balaban J connectivity index is 1.80. The highest BCUT2D eigenvalue weighted by atomic mass is 79.9. The SMILES string of the molecule is O=C(O)C1CC1OCc1ccc(Br)cc1. The Hall–Kier alpha value is -0.870. The van der Waals surface area contributed by atoms with Gasteiger partial charge < -0.3 is 9.84 Å². The van der Waals surface area contributed by atoms with Gasteiger partial charge in [-0.25, -0.2) is 0 Å². The molecule has 2 atom stereocenters. The zero-order valence-corrected chi connectivity index (χ0v) is 9.61. The molecular formula is C11H11BrO3. The topological polar surface area (TPSA) is 46.5 Å². The number of aliphatic carboxylic acids is 1. The molecule has 1 aliphatic carbocycles. The summed E-state index contributed by atoms with van der Waals surface area (Å²) in [5.41, 5.74) is 1.06. The lowest BCUT2D eigenvalue weighted by Gasteiger charge is -2.02. The lowest BCUT2D eigenvalue weighted by Crippen LogP contribution is -2.05. The number of rotatable bonds is 4.